The maximum absolute atomic E-state index is 14.5. The van der Waals surface area contributed by atoms with E-state index in [9.17, 15) is 14.0 Å². The number of pyridine rings is 1. The molecule has 0 saturated carbocycles. The van der Waals surface area contributed by atoms with Crippen molar-refractivity contribution in [1.29, 1.82) is 0 Å². The summed E-state index contributed by atoms with van der Waals surface area (Å²) >= 11 is 0. The van der Waals surface area contributed by atoms with Gasteiger partial charge in [0, 0.05) is 56.5 Å². The maximum Gasteiger partial charge on any atom is 0.410 e. The van der Waals surface area contributed by atoms with Crippen molar-refractivity contribution in [1.82, 2.24) is 14.8 Å². The van der Waals surface area contributed by atoms with Crippen LogP contribution in [0.25, 0.3) is 11.3 Å². The van der Waals surface area contributed by atoms with Crippen LogP contribution in [-0.4, -0.2) is 65.6 Å². The van der Waals surface area contributed by atoms with Gasteiger partial charge in [0.1, 0.15) is 11.4 Å². The summed E-state index contributed by atoms with van der Waals surface area (Å²) in [6.07, 6.45) is 1.46. The molecule has 0 radical (unpaired) electrons. The Morgan fingerprint density at radius 3 is 2.45 bits per heavy atom. The minimum Gasteiger partial charge on any atom is -0.444 e. The lowest BCUT2D eigenvalue weighted by Gasteiger charge is -2.36. The van der Waals surface area contributed by atoms with Crippen molar-refractivity contribution in [3.63, 3.8) is 0 Å². The summed E-state index contributed by atoms with van der Waals surface area (Å²) in [6.45, 7) is 8.36. The fourth-order valence-corrected chi connectivity index (χ4v) is 3.87. The van der Waals surface area contributed by atoms with Gasteiger partial charge in [-0.1, -0.05) is 0 Å². The lowest BCUT2D eigenvalue weighted by atomic mass is 10.0. The minimum atomic E-state index is -0.509. The average Bonchev–Trinajstić information content (AvgIpc) is 3.02. The summed E-state index contributed by atoms with van der Waals surface area (Å²) in [5, 5.41) is 0. The molecule has 1 fully saturated rings. The molecule has 2 amide bonds. The number of hydrogen-bond donors (Lipinski definition) is 0. The molecule has 2 aromatic rings. The van der Waals surface area contributed by atoms with E-state index in [1.807, 2.05) is 32.9 Å². The molecular formula is C23H27FN4O3. The molecular weight excluding hydrogens is 399 g/mol. The number of aromatic nitrogens is 1. The first-order chi connectivity index (χ1) is 14.6. The number of amides is 2. The van der Waals surface area contributed by atoms with Crippen molar-refractivity contribution in [2.24, 2.45) is 0 Å². The minimum absolute atomic E-state index is 0.171. The quantitative estimate of drug-likeness (QED) is 0.735. The molecule has 0 spiro atoms. The van der Waals surface area contributed by atoms with E-state index in [4.69, 9.17) is 4.74 Å². The number of fused-ring (bicyclic) bond motifs is 1. The molecule has 2 aliphatic rings. The van der Waals surface area contributed by atoms with Crippen LogP contribution < -0.4 is 4.90 Å². The summed E-state index contributed by atoms with van der Waals surface area (Å²) in [5.41, 5.74) is 2.47. The number of benzene rings is 1. The largest absolute Gasteiger partial charge is 0.444 e. The van der Waals surface area contributed by atoms with E-state index in [0.717, 1.165) is 5.69 Å². The number of hydrogen-bond acceptors (Lipinski definition) is 5. The topological polar surface area (TPSA) is 66.0 Å². The van der Waals surface area contributed by atoms with Crippen LogP contribution in [0.15, 0.2) is 30.5 Å². The smallest absolute Gasteiger partial charge is 0.410 e. The number of rotatable bonds is 2. The molecule has 1 aromatic carbocycles. The van der Waals surface area contributed by atoms with Gasteiger partial charge in [0.05, 0.1) is 17.6 Å². The Bertz CT molecular complexity index is 1010. The first-order valence-corrected chi connectivity index (χ1v) is 10.4. The van der Waals surface area contributed by atoms with Gasteiger partial charge >= 0.3 is 6.09 Å². The van der Waals surface area contributed by atoms with Gasteiger partial charge in [0.2, 0.25) is 0 Å². The first kappa shape index (κ1) is 21.1. The van der Waals surface area contributed by atoms with Gasteiger partial charge in [0.25, 0.3) is 5.91 Å². The van der Waals surface area contributed by atoms with E-state index in [1.165, 1.54) is 11.0 Å². The van der Waals surface area contributed by atoms with Crippen LogP contribution >= 0.6 is 0 Å². The van der Waals surface area contributed by atoms with Gasteiger partial charge in [0.15, 0.2) is 0 Å². The van der Waals surface area contributed by atoms with Crippen LogP contribution in [-0.2, 0) is 11.3 Å². The molecule has 0 unspecified atom stereocenters. The number of ether oxygens (including phenoxy) is 1. The number of halogens is 1. The molecule has 4 rings (SSSR count). The number of piperazine rings is 1. The van der Waals surface area contributed by atoms with E-state index in [-0.39, 0.29) is 17.8 Å². The number of carbonyl (C=O) groups excluding carboxylic acids is 2. The Balaban J connectivity index is 1.44. The Labute approximate surface area is 181 Å². The van der Waals surface area contributed by atoms with Crippen LogP contribution in [0.1, 0.15) is 36.7 Å². The molecule has 1 saturated heterocycles. The molecule has 8 heteroatoms. The van der Waals surface area contributed by atoms with Crippen LogP contribution in [0, 0.1) is 5.82 Å². The highest BCUT2D eigenvalue weighted by Gasteiger charge is 2.29. The maximum atomic E-state index is 14.5. The van der Waals surface area contributed by atoms with Gasteiger partial charge < -0.3 is 19.4 Å². The fourth-order valence-electron chi connectivity index (χ4n) is 3.87. The monoisotopic (exact) mass is 426 g/mol. The lowest BCUT2D eigenvalue weighted by Crippen LogP contribution is -2.50. The molecule has 3 heterocycles. The molecule has 1 aromatic heterocycles. The molecule has 0 N–H and O–H groups in total. The highest BCUT2D eigenvalue weighted by molar-refractivity contribution is 5.99. The number of anilines is 1. The van der Waals surface area contributed by atoms with Gasteiger partial charge in [-0.25, -0.2) is 9.18 Å². The molecule has 2 aliphatic heterocycles. The second kappa shape index (κ2) is 7.83. The predicted molar refractivity (Wildman–Crippen MR) is 115 cm³/mol. The van der Waals surface area contributed by atoms with E-state index >= 15 is 0 Å². The molecule has 164 valence electrons. The Morgan fingerprint density at radius 2 is 1.84 bits per heavy atom. The van der Waals surface area contributed by atoms with Gasteiger partial charge in [-0.3, -0.25) is 9.78 Å². The molecule has 0 bridgehead atoms. The molecule has 0 atom stereocenters. The second-order valence-corrected chi connectivity index (χ2v) is 9.00. The third-order valence-electron chi connectivity index (χ3n) is 5.51. The summed E-state index contributed by atoms with van der Waals surface area (Å²) in [4.78, 5) is 34.3. The Morgan fingerprint density at radius 1 is 1.13 bits per heavy atom. The fraction of sp³-hybridized carbons (Fsp3) is 0.435. The molecule has 0 aliphatic carbocycles. The van der Waals surface area contributed by atoms with E-state index < -0.39 is 5.60 Å². The van der Waals surface area contributed by atoms with E-state index in [2.05, 4.69) is 9.88 Å². The zero-order valence-electron chi connectivity index (χ0n) is 18.3. The van der Waals surface area contributed by atoms with E-state index in [1.54, 1.807) is 24.2 Å². The van der Waals surface area contributed by atoms with Crippen molar-refractivity contribution >= 4 is 17.7 Å². The highest BCUT2D eigenvalue weighted by atomic mass is 19.1. The SMILES string of the molecule is CN1Cc2c(F)cc(-c3ccc(N4CCN(C(=O)OC(C)(C)C)CC4)cn3)cc2C1=O. The summed E-state index contributed by atoms with van der Waals surface area (Å²) in [6, 6.07) is 6.92. The number of carbonyl (C=O) groups is 2. The van der Waals surface area contributed by atoms with Crippen molar-refractivity contribution in [2.75, 3.05) is 38.1 Å². The van der Waals surface area contributed by atoms with Crippen LogP contribution in [0.5, 0.6) is 0 Å². The third kappa shape index (κ3) is 4.33. The van der Waals surface area contributed by atoms with Gasteiger partial charge in [-0.2, -0.15) is 0 Å². The van der Waals surface area contributed by atoms with E-state index in [0.29, 0.717) is 55.1 Å². The standard InChI is InChI=1S/C23H27FN4O3/c1-23(2,3)31-22(30)28-9-7-27(8-10-28)16-5-6-20(25-13-16)15-11-17-18(19(24)12-15)14-26(4)21(17)29/h5-6,11-13H,7-10,14H2,1-4H3. The van der Waals surface area contributed by atoms with Crippen molar-refractivity contribution in [2.45, 2.75) is 32.9 Å². The summed E-state index contributed by atoms with van der Waals surface area (Å²) < 4.78 is 19.9. The Hall–Kier alpha value is -3.16. The van der Waals surface area contributed by atoms with Gasteiger partial charge in [-0.15, -0.1) is 0 Å². The average molecular weight is 426 g/mol. The van der Waals surface area contributed by atoms with Crippen molar-refractivity contribution in [3.05, 3.63) is 47.4 Å². The zero-order valence-corrected chi connectivity index (χ0v) is 18.3. The van der Waals surface area contributed by atoms with Crippen LogP contribution in [0.4, 0.5) is 14.9 Å². The summed E-state index contributed by atoms with van der Waals surface area (Å²) in [5.74, 6) is -0.551. The van der Waals surface area contributed by atoms with Crippen LogP contribution in [0.3, 0.4) is 0 Å². The lowest BCUT2D eigenvalue weighted by molar-refractivity contribution is 0.0240. The normalized spacial score (nSPS) is 16.5. The molecule has 31 heavy (non-hydrogen) atoms. The first-order valence-electron chi connectivity index (χ1n) is 10.4. The number of nitrogens with zero attached hydrogens (tertiary/aromatic N) is 4. The van der Waals surface area contributed by atoms with Gasteiger partial charge in [-0.05, 0) is 45.0 Å². The third-order valence-corrected chi connectivity index (χ3v) is 5.51. The molecule has 7 nitrogen and oxygen atoms in total. The van der Waals surface area contributed by atoms with Crippen molar-refractivity contribution < 1.29 is 18.7 Å². The Kier molecular flexibility index (Phi) is 5.33. The highest BCUT2D eigenvalue weighted by Crippen LogP contribution is 2.30. The second-order valence-electron chi connectivity index (χ2n) is 9.00. The zero-order chi connectivity index (χ0) is 22.3. The predicted octanol–water partition coefficient (Wildman–Crippen LogP) is 3.53. The van der Waals surface area contributed by atoms with Crippen molar-refractivity contribution in [3.8, 4) is 11.3 Å². The summed E-state index contributed by atoms with van der Waals surface area (Å²) in [7, 11) is 1.66. The van der Waals surface area contributed by atoms with Crippen LogP contribution in [0.2, 0.25) is 0 Å².